The molecule has 0 aromatic heterocycles. The molecule has 0 bridgehead atoms. The Bertz CT molecular complexity index is 1440. The second-order valence-corrected chi connectivity index (χ2v) is 9.11. The van der Waals surface area contributed by atoms with Crippen LogP contribution in [0.15, 0.2) is 76.8 Å². The van der Waals surface area contributed by atoms with Gasteiger partial charge in [-0.25, -0.2) is 9.69 Å². The molecule has 0 saturated carbocycles. The van der Waals surface area contributed by atoms with Gasteiger partial charge in [0.2, 0.25) is 0 Å². The molecule has 1 aliphatic heterocycles. The maximum Gasteiger partial charge on any atom is 0.335 e. The molecule has 4 amide bonds. The van der Waals surface area contributed by atoms with Crippen LogP contribution in [0.4, 0.5) is 16.2 Å². The first-order chi connectivity index (χ1) is 18.3. The van der Waals surface area contributed by atoms with Gasteiger partial charge in [0.05, 0.1) is 17.2 Å². The van der Waals surface area contributed by atoms with Crippen molar-refractivity contribution in [3.8, 4) is 11.5 Å². The zero-order valence-corrected chi connectivity index (χ0v) is 21.8. The molecular formula is C27H22BrN3O7. The summed E-state index contributed by atoms with van der Waals surface area (Å²) < 4.78 is 12.1. The van der Waals surface area contributed by atoms with Gasteiger partial charge in [-0.1, -0.05) is 35.0 Å². The predicted molar refractivity (Wildman–Crippen MR) is 143 cm³/mol. The highest BCUT2D eigenvalue weighted by Crippen LogP contribution is 2.29. The number of halogens is 1. The summed E-state index contributed by atoms with van der Waals surface area (Å²) in [6, 6.07) is 16.5. The Labute approximate surface area is 226 Å². The Balaban J connectivity index is 1.61. The van der Waals surface area contributed by atoms with Gasteiger partial charge in [-0.05, 0) is 60.5 Å². The van der Waals surface area contributed by atoms with Gasteiger partial charge in [0, 0.05) is 22.2 Å². The molecule has 194 valence electrons. The number of hydrogen-bond acceptors (Lipinski definition) is 7. The second kappa shape index (κ2) is 11.7. The third kappa shape index (κ3) is 6.06. The normalized spacial score (nSPS) is 14.4. The summed E-state index contributed by atoms with van der Waals surface area (Å²) in [7, 11) is 0. The number of rotatable bonds is 9. The molecule has 1 fully saturated rings. The quantitative estimate of drug-likeness (QED) is 0.156. The molecule has 4 rings (SSSR count). The number of benzene rings is 3. The number of nitro groups is 1. The minimum atomic E-state index is -0.865. The van der Waals surface area contributed by atoms with Gasteiger partial charge < -0.3 is 9.47 Å². The fourth-order valence-electron chi connectivity index (χ4n) is 3.64. The largest absolute Gasteiger partial charge is 0.494 e. The lowest BCUT2D eigenvalue weighted by atomic mass is 10.1. The number of nitro benzene ring substituents is 1. The molecule has 3 aromatic carbocycles. The number of hydrogen-bond donors (Lipinski definition) is 1. The number of nitrogens with zero attached hydrogens (tertiary/aromatic N) is 2. The molecule has 1 saturated heterocycles. The van der Waals surface area contributed by atoms with E-state index in [0.29, 0.717) is 33.7 Å². The minimum Gasteiger partial charge on any atom is -0.494 e. The van der Waals surface area contributed by atoms with E-state index in [2.05, 4.69) is 21.2 Å². The van der Waals surface area contributed by atoms with Gasteiger partial charge in [-0.3, -0.25) is 25.0 Å². The zero-order valence-electron chi connectivity index (χ0n) is 20.2. The lowest BCUT2D eigenvalue weighted by Gasteiger charge is -2.26. The van der Waals surface area contributed by atoms with Crippen LogP contribution in [0, 0.1) is 10.1 Å². The van der Waals surface area contributed by atoms with E-state index < -0.39 is 22.8 Å². The van der Waals surface area contributed by atoms with E-state index in [4.69, 9.17) is 9.47 Å². The predicted octanol–water partition coefficient (Wildman–Crippen LogP) is 5.39. The molecule has 1 aliphatic rings. The van der Waals surface area contributed by atoms with E-state index in [9.17, 15) is 24.5 Å². The molecule has 0 radical (unpaired) electrons. The van der Waals surface area contributed by atoms with Gasteiger partial charge in [-0.15, -0.1) is 0 Å². The van der Waals surface area contributed by atoms with E-state index in [0.717, 1.165) is 11.3 Å². The van der Waals surface area contributed by atoms with E-state index >= 15 is 0 Å². The number of ether oxygens (including phenoxy) is 2. The molecule has 1 heterocycles. The first-order valence-corrected chi connectivity index (χ1v) is 12.4. The molecule has 0 unspecified atom stereocenters. The number of urea groups is 1. The van der Waals surface area contributed by atoms with Gasteiger partial charge in [0.15, 0.2) is 0 Å². The standard InChI is InChI=1S/C27H22BrN3O7/c1-2-12-37-22-9-7-20(8-10-22)30-26(33)23(25(32)29-27(30)34)15-18-14-19(28)6-11-24(18)38-16-17-4-3-5-21(13-17)31(35)36/h3-11,13-15H,2,12,16H2,1H3,(H,29,32,34)/b23-15-. The van der Waals surface area contributed by atoms with Crippen molar-refractivity contribution in [1.82, 2.24) is 5.32 Å². The van der Waals surface area contributed by atoms with Gasteiger partial charge >= 0.3 is 6.03 Å². The molecule has 0 spiro atoms. The number of nitrogens with one attached hydrogen (secondary N) is 1. The van der Waals surface area contributed by atoms with E-state index in [-0.39, 0.29) is 23.6 Å². The Morgan fingerprint density at radius 2 is 1.79 bits per heavy atom. The topological polar surface area (TPSA) is 128 Å². The molecule has 1 N–H and O–H groups in total. The van der Waals surface area contributed by atoms with Gasteiger partial charge in [-0.2, -0.15) is 0 Å². The van der Waals surface area contributed by atoms with Gasteiger partial charge in [0.25, 0.3) is 17.5 Å². The number of carbonyl (C=O) groups is 3. The fourth-order valence-corrected chi connectivity index (χ4v) is 4.02. The first-order valence-electron chi connectivity index (χ1n) is 11.6. The van der Waals surface area contributed by atoms with Crippen molar-refractivity contribution in [3.05, 3.63) is 98.0 Å². The Hall–Kier alpha value is -4.51. The maximum atomic E-state index is 13.3. The van der Waals surface area contributed by atoms with Crippen LogP contribution in [0.2, 0.25) is 0 Å². The van der Waals surface area contributed by atoms with Crippen LogP contribution in [0.1, 0.15) is 24.5 Å². The van der Waals surface area contributed by atoms with Crippen molar-refractivity contribution >= 4 is 51.2 Å². The fraction of sp³-hybridized carbons (Fsp3) is 0.148. The van der Waals surface area contributed by atoms with Crippen LogP contribution in [0.3, 0.4) is 0 Å². The highest BCUT2D eigenvalue weighted by atomic mass is 79.9. The number of non-ortho nitro benzene ring substituents is 1. The van der Waals surface area contributed by atoms with E-state index in [1.165, 1.54) is 18.2 Å². The molecule has 38 heavy (non-hydrogen) atoms. The van der Waals surface area contributed by atoms with Crippen LogP contribution >= 0.6 is 15.9 Å². The lowest BCUT2D eigenvalue weighted by Crippen LogP contribution is -2.54. The average Bonchev–Trinajstić information content (AvgIpc) is 2.90. The number of carbonyl (C=O) groups excluding carboxylic acids is 3. The summed E-state index contributed by atoms with van der Waals surface area (Å²) in [5.41, 5.74) is 0.889. The maximum absolute atomic E-state index is 13.3. The third-order valence-electron chi connectivity index (χ3n) is 5.46. The first kappa shape index (κ1) is 26.6. The van der Waals surface area contributed by atoms with Crippen LogP contribution in [-0.2, 0) is 16.2 Å². The number of amides is 4. The minimum absolute atomic E-state index is 0.0106. The van der Waals surface area contributed by atoms with Crippen molar-refractivity contribution in [3.63, 3.8) is 0 Å². The highest BCUT2D eigenvalue weighted by Gasteiger charge is 2.37. The SMILES string of the molecule is CCCOc1ccc(N2C(=O)NC(=O)/C(=C/c3cc(Br)ccc3OCc3cccc([N+](=O)[O-])c3)C2=O)cc1. The molecule has 11 heteroatoms. The van der Waals surface area contributed by atoms with Crippen LogP contribution in [0.5, 0.6) is 11.5 Å². The summed E-state index contributed by atoms with van der Waals surface area (Å²) in [6.07, 6.45) is 2.17. The summed E-state index contributed by atoms with van der Waals surface area (Å²) in [5.74, 6) is -0.727. The number of anilines is 1. The Morgan fingerprint density at radius 1 is 1.03 bits per heavy atom. The molecule has 0 atom stereocenters. The molecule has 0 aliphatic carbocycles. The smallest absolute Gasteiger partial charge is 0.335 e. The van der Waals surface area contributed by atoms with Gasteiger partial charge in [0.1, 0.15) is 23.7 Å². The third-order valence-corrected chi connectivity index (χ3v) is 5.95. The molecular weight excluding hydrogens is 558 g/mol. The summed E-state index contributed by atoms with van der Waals surface area (Å²) >= 11 is 3.37. The van der Waals surface area contributed by atoms with Crippen molar-refractivity contribution < 1.29 is 28.8 Å². The summed E-state index contributed by atoms with van der Waals surface area (Å²) in [4.78, 5) is 50.0. The van der Waals surface area contributed by atoms with E-state index in [1.807, 2.05) is 6.92 Å². The average molecular weight is 580 g/mol. The summed E-state index contributed by atoms with van der Waals surface area (Å²) in [6.45, 7) is 2.52. The van der Waals surface area contributed by atoms with Crippen LogP contribution in [-0.4, -0.2) is 29.4 Å². The van der Waals surface area contributed by atoms with Crippen molar-refractivity contribution in [2.45, 2.75) is 20.0 Å². The van der Waals surface area contributed by atoms with E-state index in [1.54, 1.807) is 54.6 Å². The number of imide groups is 2. The lowest BCUT2D eigenvalue weighted by molar-refractivity contribution is -0.384. The zero-order chi connectivity index (χ0) is 27.2. The summed E-state index contributed by atoms with van der Waals surface area (Å²) in [5, 5.41) is 13.3. The monoisotopic (exact) mass is 579 g/mol. The van der Waals surface area contributed by atoms with Crippen molar-refractivity contribution in [2.75, 3.05) is 11.5 Å². The number of barbiturate groups is 1. The van der Waals surface area contributed by atoms with Crippen molar-refractivity contribution in [1.29, 1.82) is 0 Å². The second-order valence-electron chi connectivity index (χ2n) is 8.20. The molecule has 3 aromatic rings. The Kier molecular flexibility index (Phi) is 8.17. The Morgan fingerprint density at radius 3 is 2.50 bits per heavy atom. The van der Waals surface area contributed by atoms with Crippen molar-refractivity contribution in [2.24, 2.45) is 0 Å². The molecule has 10 nitrogen and oxygen atoms in total. The van der Waals surface area contributed by atoms with Crippen LogP contribution < -0.4 is 19.7 Å². The highest BCUT2D eigenvalue weighted by molar-refractivity contribution is 9.10. The van der Waals surface area contributed by atoms with Crippen LogP contribution in [0.25, 0.3) is 6.08 Å².